The minimum absolute atomic E-state index is 0.0636. The van der Waals surface area contributed by atoms with Crippen molar-refractivity contribution < 1.29 is 0 Å². The van der Waals surface area contributed by atoms with Gasteiger partial charge < -0.3 is 10.6 Å². The van der Waals surface area contributed by atoms with Gasteiger partial charge in [-0.15, -0.1) is 5.10 Å². The highest BCUT2D eigenvalue weighted by Gasteiger charge is 2.12. The molecule has 0 spiro atoms. The second kappa shape index (κ2) is 5.45. The molecule has 1 aromatic carbocycles. The van der Waals surface area contributed by atoms with E-state index in [2.05, 4.69) is 72.6 Å². The van der Waals surface area contributed by atoms with Gasteiger partial charge in [0.2, 0.25) is 5.95 Å². The van der Waals surface area contributed by atoms with E-state index in [0.717, 1.165) is 16.8 Å². The van der Waals surface area contributed by atoms with Gasteiger partial charge in [-0.3, -0.25) is 0 Å². The molecule has 0 aliphatic rings. The Morgan fingerprint density at radius 3 is 2.30 bits per heavy atom. The summed E-state index contributed by atoms with van der Waals surface area (Å²) in [5.74, 6) is 1.21. The smallest absolute Gasteiger partial charge is 0.249 e. The number of nitrogens with one attached hydrogen (secondary N) is 2. The van der Waals surface area contributed by atoms with Crippen molar-refractivity contribution in [2.45, 2.75) is 40.2 Å². The van der Waals surface area contributed by atoms with Crippen LogP contribution in [0.5, 0.6) is 0 Å². The van der Waals surface area contributed by atoms with Gasteiger partial charge in [0.1, 0.15) is 0 Å². The van der Waals surface area contributed by atoms with Gasteiger partial charge in [-0.05, 0) is 45.7 Å². The van der Waals surface area contributed by atoms with Crippen molar-refractivity contribution in [3.05, 3.63) is 35.5 Å². The van der Waals surface area contributed by atoms with E-state index in [1.165, 1.54) is 0 Å². The molecule has 20 heavy (non-hydrogen) atoms. The van der Waals surface area contributed by atoms with Gasteiger partial charge in [-0.2, -0.15) is 10.1 Å². The molecule has 0 aliphatic heterocycles. The van der Waals surface area contributed by atoms with Crippen molar-refractivity contribution in [2.75, 3.05) is 10.6 Å². The Balaban J connectivity index is 2.24. The van der Waals surface area contributed by atoms with E-state index < -0.39 is 0 Å². The van der Waals surface area contributed by atoms with Crippen molar-refractivity contribution in [3.63, 3.8) is 0 Å². The minimum atomic E-state index is -0.0636. The Morgan fingerprint density at radius 1 is 1.05 bits per heavy atom. The molecule has 0 saturated heterocycles. The summed E-state index contributed by atoms with van der Waals surface area (Å²) in [6, 6.07) is 6.15. The van der Waals surface area contributed by atoms with Crippen molar-refractivity contribution in [1.29, 1.82) is 0 Å². The van der Waals surface area contributed by atoms with Crippen LogP contribution >= 0.6 is 0 Å². The average molecular weight is 271 g/mol. The number of rotatable bonds is 3. The number of benzene rings is 1. The minimum Gasteiger partial charge on any atom is -0.364 e. The lowest BCUT2D eigenvalue weighted by Crippen LogP contribution is -2.27. The van der Waals surface area contributed by atoms with Gasteiger partial charge in [0, 0.05) is 11.2 Å². The first-order valence-corrected chi connectivity index (χ1v) is 6.66. The fraction of sp³-hybridized carbons (Fsp3) is 0.400. The quantitative estimate of drug-likeness (QED) is 0.895. The number of anilines is 3. The fourth-order valence-electron chi connectivity index (χ4n) is 1.92. The zero-order chi connectivity index (χ0) is 14.8. The summed E-state index contributed by atoms with van der Waals surface area (Å²) in [5.41, 5.74) is 3.28. The Morgan fingerprint density at radius 2 is 1.70 bits per heavy atom. The molecule has 0 bridgehead atoms. The molecule has 1 heterocycles. The first-order valence-electron chi connectivity index (χ1n) is 6.66. The molecular weight excluding hydrogens is 250 g/mol. The number of aromatic nitrogens is 3. The van der Waals surface area contributed by atoms with Crippen LogP contribution in [0.2, 0.25) is 0 Å². The maximum absolute atomic E-state index is 4.44. The SMILES string of the molecule is Cc1cccc(C)c1Nc1nncc(NC(C)(C)C)n1. The first-order chi connectivity index (χ1) is 9.35. The highest BCUT2D eigenvalue weighted by molar-refractivity contribution is 5.63. The monoisotopic (exact) mass is 271 g/mol. The van der Waals surface area contributed by atoms with Crippen LogP contribution in [0.15, 0.2) is 24.4 Å². The maximum Gasteiger partial charge on any atom is 0.249 e. The van der Waals surface area contributed by atoms with Crippen molar-refractivity contribution in [3.8, 4) is 0 Å². The molecule has 1 aromatic heterocycles. The predicted octanol–water partition coefficient (Wildman–Crippen LogP) is 3.44. The van der Waals surface area contributed by atoms with Crippen LogP contribution in [-0.4, -0.2) is 20.7 Å². The van der Waals surface area contributed by atoms with Gasteiger partial charge in [0.05, 0.1) is 6.20 Å². The van der Waals surface area contributed by atoms with Gasteiger partial charge in [-0.1, -0.05) is 18.2 Å². The van der Waals surface area contributed by atoms with Crippen molar-refractivity contribution >= 4 is 17.5 Å². The van der Waals surface area contributed by atoms with E-state index in [1.807, 2.05) is 6.07 Å². The number of hydrogen-bond donors (Lipinski definition) is 2. The van der Waals surface area contributed by atoms with E-state index in [0.29, 0.717) is 11.8 Å². The number of nitrogens with zero attached hydrogens (tertiary/aromatic N) is 3. The van der Waals surface area contributed by atoms with Crippen LogP contribution < -0.4 is 10.6 Å². The number of para-hydroxylation sites is 1. The standard InChI is InChI=1S/C15H21N5/c1-10-7-6-8-11(2)13(10)18-14-17-12(9-16-20-14)19-15(3,4)5/h6-9H,1-5H3,(H2,17,18,19,20). The van der Waals surface area contributed by atoms with Crippen LogP contribution in [-0.2, 0) is 0 Å². The molecule has 0 fully saturated rings. The molecule has 0 amide bonds. The molecule has 2 aromatic rings. The highest BCUT2D eigenvalue weighted by Crippen LogP contribution is 2.22. The second-order valence-electron chi connectivity index (χ2n) is 5.93. The normalized spacial score (nSPS) is 11.2. The van der Waals surface area contributed by atoms with Crippen molar-refractivity contribution in [1.82, 2.24) is 15.2 Å². The Bertz CT molecular complexity index is 581. The van der Waals surface area contributed by atoms with E-state index in [1.54, 1.807) is 6.20 Å². The van der Waals surface area contributed by atoms with E-state index >= 15 is 0 Å². The molecule has 5 heteroatoms. The Labute approximate surface area is 119 Å². The second-order valence-corrected chi connectivity index (χ2v) is 5.93. The highest BCUT2D eigenvalue weighted by atomic mass is 15.3. The third kappa shape index (κ3) is 3.66. The summed E-state index contributed by atoms with van der Waals surface area (Å²) in [6.45, 7) is 10.3. The first kappa shape index (κ1) is 14.2. The van der Waals surface area contributed by atoms with Gasteiger partial charge in [0.15, 0.2) is 5.82 Å². The summed E-state index contributed by atoms with van der Waals surface area (Å²) < 4.78 is 0. The van der Waals surface area contributed by atoms with Gasteiger partial charge >= 0.3 is 0 Å². The molecule has 2 rings (SSSR count). The molecule has 0 saturated carbocycles. The summed E-state index contributed by atoms with van der Waals surface area (Å²) >= 11 is 0. The number of hydrogen-bond acceptors (Lipinski definition) is 5. The summed E-state index contributed by atoms with van der Waals surface area (Å²) in [5, 5.41) is 14.5. The lowest BCUT2D eigenvalue weighted by Gasteiger charge is -2.21. The summed E-state index contributed by atoms with van der Waals surface area (Å²) in [6.07, 6.45) is 1.63. The molecule has 0 aliphatic carbocycles. The Hall–Kier alpha value is -2.17. The third-order valence-corrected chi connectivity index (χ3v) is 2.78. The molecular formula is C15H21N5. The predicted molar refractivity (Wildman–Crippen MR) is 82.4 cm³/mol. The van der Waals surface area contributed by atoms with Crippen LogP contribution in [0, 0.1) is 13.8 Å². The summed E-state index contributed by atoms with van der Waals surface area (Å²) in [7, 11) is 0. The average Bonchev–Trinajstić information content (AvgIpc) is 2.32. The number of aryl methyl sites for hydroxylation is 2. The van der Waals surface area contributed by atoms with Crippen molar-refractivity contribution in [2.24, 2.45) is 0 Å². The van der Waals surface area contributed by atoms with E-state index in [9.17, 15) is 0 Å². The molecule has 2 N–H and O–H groups in total. The molecule has 5 nitrogen and oxygen atoms in total. The largest absolute Gasteiger partial charge is 0.364 e. The van der Waals surface area contributed by atoms with E-state index in [-0.39, 0.29) is 5.54 Å². The zero-order valence-corrected chi connectivity index (χ0v) is 12.7. The van der Waals surface area contributed by atoms with Crippen LogP contribution in [0.4, 0.5) is 17.5 Å². The maximum atomic E-state index is 4.44. The zero-order valence-electron chi connectivity index (χ0n) is 12.7. The fourth-order valence-corrected chi connectivity index (χ4v) is 1.92. The third-order valence-electron chi connectivity index (χ3n) is 2.78. The van der Waals surface area contributed by atoms with Crippen LogP contribution in [0.3, 0.4) is 0 Å². The lowest BCUT2D eigenvalue weighted by molar-refractivity contribution is 0.629. The van der Waals surface area contributed by atoms with Gasteiger partial charge in [0.25, 0.3) is 0 Å². The molecule has 0 atom stereocenters. The van der Waals surface area contributed by atoms with Crippen LogP contribution in [0.1, 0.15) is 31.9 Å². The molecule has 0 radical (unpaired) electrons. The van der Waals surface area contributed by atoms with Crippen LogP contribution in [0.25, 0.3) is 0 Å². The van der Waals surface area contributed by atoms with E-state index in [4.69, 9.17) is 0 Å². The topological polar surface area (TPSA) is 62.7 Å². The molecule has 0 unspecified atom stereocenters. The lowest BCUT2D eigenvalue weighted by atomic mass is 10.1. The molecule has 106 valence electrons. The summed E-state index contributed by atoms with van der Waals surface area (Å²) in [4.78, 5) is 4.44. The van der Waals surface area contributed by atoms with Gasteiger partial charge in [-0.25, -0.2) is 0 Å². The Kier molecular flexibility index (Phi) is 3.88.